The molecule has 0 aliphatic heterocycles. The van der Waals surface area contributed by atoms with Crippen molar-refractivity contribution in [3.8, 4) is 0 Å². The Hall–Kier alpha value is -1.16. The average molecular weight is 195 g/mol. The van der Waals surface area contributed by atoms with Crippen LogP contribution in [-0.4, -0.2) is 27.7 Å². The Labute approximate surface area is 84.4 Å². The Bertz CT molecular complexity index is 290. The molecule has 78 valence electrons. The van der Waals surface area contributed by atoms with Crippen molar-refractivity contribution in [2.24, 2.45) is 5.92 Å². The summed E-state index contributed by atoms with van der Waals surface area (Å²) >= 11 is 0. The summed E-state index contributed by atoms with van der Waals surface area (Å²) in [5, 5.41) is 12.2. The molecule has 14 heavy (non-hydrogen) atoms. The van der Waals surface area contributed by atoms with Crippen molar-refractivity contribution in [1.82, 2.24) is 9.97 Å². The van der Waals surface area contributed by atoms with Crippen LogP contribution in [0.2, 0.25) is 0 Å². The van der Waals surface area contributed by atoms with Crippen molar-refractivity contribution in [1.29, 1.82) is 0 Å². The molecule has 1 aromatic rings. The molecule has 0 radical (unpaired) electrons. The smallest absolute Gasteiger partial charge is 0.129 e. The van der Waals surface area contributed by atoms with Crippen LogP contribution in [0.5, 0.6) is 0 Å². The van der Waals surface area contributed by atoms with Gasteiger partial charge < -0.3 is 10.4 Å². The van der Waals surface area contributed by atoms with E-state index in [1.54, 1.807) is 6.20 Å². The standard InChI is InChI=1S/C10H17N3O/c1-7(6-14)8(2)12-10-4-5-11-9(3)13-10/h4-5,7-8,14H,6H2,1-3H3,(H,11,12,13). The molecule has 0 bridgehead atoms. The van der Waals surface area contributed by atoms with Gasteiger partial charge >= 0.3 is 0 Å². The number of anilines is 1. The third-order valence-electron chi connectivity index (χ3n) is 2.29. The van der Waals surface area contributed by atoms with Gasteiger partial charge in [0.25, 0.3) is 0 Å². The molecule has 0 spiro atoms. The summed E-state index contributed by atoms with van der Waals surface area (Å²) < 4.78 is 0. The predicted octanol–water partition coefficient (Wildman–Crippen LogP) is 1.21. The van der Waals surface area contributed by atoms with Crippen LogP contribution in [0.4, 0.5) is 5.82 Å². The number of rotatable bonds is 4. The Morgan fingerprint density at radius 3 is 2.79 bits per heavy atom. The quantitative estimate of drug-likeness (QED) is 0.758. The van der Waals surface area contributed by atoms with Crippen molar-refractivity contribution < 1.29 is 5.11 Å². The molecule has 0 fully saturated rings. The van der Waals surface area contributed by atoms with Gasteiger partial charge in [0.15, 0.2) is 0 Å². The summed E-state index contributed by atoms with van der Waals surface area (Å²) in [4.78, 5) is 8.24. The van der Waals surface area contributed by atoms with E-state index in [2.05, 4.69) is 15.3 Å². The van der Waals surface area contributed by atoms with Crippen LogP contribution in [-0.2, 0) is 0 Å². The molecule has 0 aromatic carbocycles. The fraction of sp³-hybridized carbons (Fsp3) is 0.600. The molecule has 0 aliphatic rings. The zero-order valence-corrected chi connectivity index (χ0v) is 8.86. The first kappa shape index (κ1) is 10.9. The fourth-order valence-corrected chi connectivity index (χ4v) is 1.07. The largest absolute Gasteiger partial charge is 0.396 e. The molecular weight excluding hydrogens is 178 g/mol. The molecule has 0 aliphatic carbocycles. The molecule has 1 aromatic heterocycles. The van der Waals surface area contributed by atoms with Gasteiger partial charge in [0.2, 0.25) is 0 Å². The van der Waals surface area contributed by atoms with E-state index in [0.29, 0.717) is 0 Å². The van der Waals surface area contributed by atoms with E-state index in [9.17, 15) is 0 Å². The van der Waals surface area contributed by atoms with Crippen LogP contribution in [0.15, 0.2) is 12.3 Å². The van der Waals surface area contributed by atoms with E-state index in [1.807, 2.05) is 26.8 Å². The van der Waals surface area contributed by atoms with E-state index >= 15 is 0 Å². The maximum absolute atomic E-state index is 8.97. The Kier molecular flexibility index (Phi) is 3.83. The summed E-state index contributed by atoms with van der Waals surface area (Å²) in [7, 11) is 0. The van der Waals surface area contributed by atoms with Crippen molar-refractivity contribution in [3.63, 3.8) is 0 Å². The van der Waals surface area contributed by atoms with E-state index in [4.69, 9.17) is 5.11 Å². The van der Waals surface area contributed by atoms with Gasteiger partial charge in [-0.1, -0.05) is 6.92 Å². The third kappa shape index (κ3) is 2.96. The van der Waals surface area contributed by atoms with E-state index < -0.39 is 0 Å². The third-order valence-corrected chi connectivity index (χ3v) is 2.29. The normalized spacial score (nSPS) is 14.9. The lowest BCUT2D eigenvalue weighted by molar-refractivity contribution is 0.226. The van der Waals surface area contributed by atoms with Crippen LogP contribution < -0.4 is 5.32 Å². The first-order valence-electron chi connectivity index (χ1n) is 4.80. The number of nitrogens with one attached hydrogen (secondary N) is 1. The molecule has 1 heterocycles. The van der Waals surface area contributed by atoms with E-state index in [1.165, 1.54) is 0 Å². The minimum absolute atomic E-state index is 0.179. The van der Waals surface area contributed by atoms with Gasteiger partial charge in [-0.3, -0.25) is 0 Å². The number of aromatic nitrogens is 2. The summed E-state index contributed by atoms with van der Waals surface area (Å²) in [6, 6.07) is 2.03. The van der Waals surface area contributed by atoms with Crippen molar-refractivity contribution in [2.45, 2.75) is 26.8 Å². The first-order chi connectivity index (χ1) is 6.63. The van der Waals surface area contributed by atoms with E-state index in [-0.39, 0.29) is 18.6 Å². The zero-order valence-electron chi connectivity index (χ0n) is 8.86. The first-order valence-corrected chi connectivity index (χ1v) is 4.80. The number of aliphatic hydroxyl groups excluding tert-OH is 1. The molecule has 0 amide bonds. The summed E-state index contributed by atoms with van der Waals surface area (Å²) in [6.07, 6.45) is 1.72. The highest BCUT2D eigenvalue weighted by Crippen LogP contribution is 2.09. The predicted molar refractivity (Wildman–Crippen MR) is 56.1 cm³/mol. The van der Waals surface area contributed by atoms with E-state index in [0.717, 1.165) is 11.6 Å². The lowest BCUT2D eigenvalue weighted by Crippen LogP contribution is -2.26. The number of aryl methyl sites for hydroxylation is 1. The van der Waals surface area contributed by atoms with Gasteiger partial charge in [0.05, 0.1) is 0 Å². The molecule has 4 heteroatoms. The van der Waals surface area contributed by atoms with Gasteiger partial charge in [-0.05, 0) is 25.8 Å². The fourth-order valence-electron chi connectivity index (χ4n) is 1.07. The molecular formula is C10H17N3O. The van der Waals surface area contributed by atoms with Crippen LogP contribution in [0.25, 0.3) is 0 Å². The van der Waals surface area contributed by atoms with Gasteiger partial charge in [-0.2, -0.15) is 0 Å². The highest BCUT2D eigenvalue weighted by molar-refractivity contribution is 5.33. The van der Waals surface area contributed by atoms with Crippen LogP contribution in [0.1, 0.15) is 19.7 Å². The lowest BCUT2D eigenvalue weighted by atomic mass is 10.1. The second-order valence-corrected chi connectivity index (χ2v) is 3.58. The van der Waals surface area contributed by atoms with Crippen molar-refractivity contribution in [2.75, 3.05) is 11.9 Å². The topological polar surface area (TPSA) is 58.0 Å². The van der Waals surface area contributed by atoms with Gasteiger partial charge in [-0.15, -0.1) is 0 Å². The second-order valence-electron chi connectivity index (χ2n) is 3.58. The highest BCUT2D eigenvalue weighted by Gasteiger charge is 2.10. The monoisotopic (exact) mass is 195 g/mol. The summed E-state index contributed by atoms with van der Waals surface area (Å²) in [5.74, 6) is 1.77. The number of aliphatic hydroxyl groups is 1. The maximum atomic E-state index is 8.97. The number of hydrogen-bond donors (Lipinski definition) is 2. The Morgan fingerprint density at radius 1 is 1.50 bits per heavy atom. The molecule has 0 saturated heterocycles. The van der Waals surface area contributed by atoms with Gasteiger partial charge in [0.1, 0.15) is 11.6 Å². The lowest BCUT2D eigenvalue weighted by Gasteiger charge is -2.19. The highest BCUT2D eigenvalue weighted by atomic mass is 16.3. The number of hydrogen-bond acceptors (Lipinski definition) is 4. The summed E-state index contributed by atoms with van der Waals surface area (Å²) in [6.45, 7) is 6.05. The minimum Gasteiger partial charge on any atom is -0.396 e. The van der Waals surface area contributed by atoms with Crippen molar-refractivity contribution >= 4 is 5.82 Å². The molecule has 2 N–H and O–H groups in total. The Morgan fingerprint density at radius 2 is 2.21 bits per heavy atom. The average Bonchev–Trinajstić information content (AvgIpc) is 2.16. The molecule has 4 nitrogen and oxygen atoms in total. The molecule has 1 rings (SSSR count). The van der Waals surface area contributed by atoms with Crippen LogP contribution in [0, 0.1) is 12.8 Å². The molecule has 2 atom stereocenters. The van der Waals surface area contributed by atoms with Gasteiger partial charge in [-0.25, -0.2) is 9.97 Å². The van der Waals surface area contributed by atoms with Gasteiger partial charge in [0, 0.05) is 18.8 Å². The zero-order chi connectivity index (χ0) is 10.6. The molecule has 2 unspecified atom stereocenters. The maximum Gasteiger partial charge on any atom is 0.129 e. The SMILES string of the molecule is Cc1nccc(NC(C)C(C)CO)n1. The minimum atomic E-state index is 0.179. The van der Waals surface area contributed by atoms with Crippen LogP contribution >= 0.6 is 0 Å². The second kappa shape index (κ2) is 4.91. The Balaban J connectivity index is 2.60. The van der Waals surface area contributed by atoms with Crippen LogP contribution in [0.3, 0.4) is 0 Å². The number of nitrogens with zero attached hydrogens (tertiary/aromatic N) is 2. The molecule has 0 saturated carbocycles. The summed E-state index contributed by atoms with van der Waals surface area (Å²) in [5.41, 5.74) is 0. The van der Waals surface area contributed by atoms with Crippen molar-refractivity contribution in [3.05, 3.63) is 18.1 Å².